The van der Waals surface area contributed by atoms with Crippen molar-refractivity contribution >= 4 is 35.1 Å². The molecule has 2 unspecified atom stereocenters. The summed E-state index contributed by atoms with van der Waals surface area (Å²) < 4.78 is 76.4. The van der Waals surface area contributed by atoms with E-state index in [1.807, 2.05) is 23.8 Å². The van der Waals surface area contributed by atoms with Crippen molar-refractivity contribution in [3.8, 4) is 17.0 Å². The van der Waals surface area contributed by atoms with E-state index in [-0.39, 0.29) is 92.9 Å². The maximum Gasteiger partial charge on any atom is 0.328 e. The molecule has 0 radical (unpaired) electrons. The maximum atomic E-state index is 16.2. The van der Waals surface area contributed by atoms with Crippen LogP contribution in [0.15, 0.2) is 53.9 Å². The van der Waals surface area contributed by atoms with Gasteiger partial charge in [0.25, 0.3) is 11.8 Å². The third-order valence-electron chi connectivity index (χ3n) is 14.6. The second kappa shape index (κ2) is 17.3. The van der Waals surface area contributed by atoms with Crippen molar-refractivity contribution in [3.63, 3.8) is 0 Å². The zero-order chi connectivity index (χ0) is 46.9. The Kier molecular flexibility index (Phi) is 11.6. The van der Waals surface area contributed by atoms with Crippen molar-refractivity contribution in [2.75, 3.05) is 70.3 Å². The van der Waals surface area contributed by atoms with Crippen molar-refractivity contribution in [3.05, 3.63) is 88.6 Å². The summed E-state index contributed by atoms with van der Waals surface area (Å²) in [5, 5.41) is 13.6. The molecule has 10 rings (SSSR count). The summed E-state index contributed by atoms with van der Waals surface area (Å²) in [7, 11) is 4.91. The number of likely N-dealkylation sites (tertiary alicyclic amines) is 2. The van der Waals surface area contributed by atoms with E-state index in [1.54, 1.807) is 34.9 Å². The van der Waals surface area contributed by atoms with E-state index in [9.17, 15) is 14.4 Å². The summed E-state index contributed by atoms with van der Waals surface area (Å²) >= 11 is 0. The summed E-state index contributed by atoms with van der Waals surface area (Å²) in [5.41, 5.74) is 2.30. The molecule has 5 aliphatic heterocycles. The van der Waals surface area contributed by atoms with E-state index in [2.05, 4.69) is 25.9 Å². The molecule has 3 N–H and O–H groups in total. The largest absolute Gasteiger partial charge is 0.495 e. The normalized spacial score (nSPS) is 24.4. The van der Waals surface area contributed by atoms with Gasteiger partial charge in [-0.2, -0.15) is 5.10 Å². The van der Waals surface area contributed by atoms with Crippen LogP contribution in [0.25, 0.3) is 11.3 Å². The lowest BCUT2D eigenvalue weighted by molar-refractivity contribution is -0.227. The van der Waals surface area contributed by atoms with Crippen LogP contribution in [0.2, 0.25) is 0 Å². The van der Waals surface area contributed by atoms with Crippen molar-refractivity contribution in [2.24, 2.45) is 16.4 Å². The predicted molar refractivity (Wildman–Crippen MR) is 239 cm³/mol. The van der Waals surface area contributed by atoms with Crippen LogP contribution in [0.3, 0.4) is 0 Å². The van der Waals surface area contributed by atoms with Gasteiger partial charge < -0.3 is 25.0 Å². The molecule has 16 nitrogen and oxygen atoms in total. The van der Waals surface area contributed by atoms with E-state index < -0.39 is 35.5 Å². The minimum atomic E-state index is -3.00. The number of nitrogens with zero attached hydrogens (tertiary/aromatic N) is 8. The van der Waals surface area contributed by atoms with Gasteiger partial charge in [-0.25, -0.2) is 32.0 Å². The first-order valence-corrected chi connectivity index (χ1v) is 22.7. The Hall–Kier alpha value is -5.96. The highest BCUT2D eigenvalue weighted by Crippen LogP contribution is 2.51. The third-order valence-corrected chi connectivity index (χ3v) is 14.6. The molecule has 1 spiro atoms. The molecule has 20 heteroatoms. The molecule has 4 fully saturated rings. The second-order valence-electron chi connectivity index (χ2n) is 18.6. The standard InChI is InChI=1S/C47H53F4N11O5/c1-26-40(52-2)43-54-20-36(44(64)55-33-6-8-37(33)66-3)62(43)57-42(26)60-12-9-30-31(17-29(48)18-34(30)60)41-32(49)15-28(19-53-41)22-59-23-46(24-59)11-14-58(25-47(46,50)51)21-27-5-7-38(67-4)35(16-27)61-13-10-39(63)56-45(61)65/h5,7,15-20,26,33,37,40,52H,6,8-14,21-25H2,1-4H3,(H,55,64)(H,56,63,65)/t26?,33-,37-,40?/m1/s1. The average molecular weight is 928 g/mol. The van der Waals surface area contributed by atoms with Crippen LogP contribution in [-0.4, -0.2) is 127 Å². The number of halogens is 4. The lowest BCUT2D eigenvalue weighted by Crippen LogP contribution is -2.69. The Bertz CT molecular complexity index is 2670. The first kappa shape index (κ1) is 44.9. The van der Waals surface area contributed by atoms with Gasteiger partial charge in [-0.15, -0.1) is 0 Å². The molecule has 354 valence electrons. The zero-order valence-corrected chi connectivity index (χ0v) is 37.8. The Balaban J connectivity index is 0.808. The molecule has 2 aromatic heterocycles. The second-order valence-corrected chi connectivity index (χ2v) is 18.6. The van der Waals surface area contributed by atoms with Crippen molar-refractivity contribution in [1.82, 2.24) is 40.4 Å². The third kappa shape index (κ3) is 7.90. The van der Waals surface area contributed by atoms with Gasteiger partial charge in [-0.05, 0) is 86.3 Å². The molecule has 1 aliphatic carbocycles. The van der Waals surface area contributed by atoms with Gasteiger partial charge >= 0.3 is 6.03 Å². The number of methoxy groups -OCH3 is 2. The van der Waals surface area contributed by atoms with Crippen LogP contribution in [0.5, 0.6) is 5.75 Å². The van der Waals surface area contributed by atoms with E-state index in [0.29, 0.717) is 65.0 Å². The molecule has 1 saturated carbocycles. The number of piperidine rings is 1. The number of benzene rings is 2. The summed E-state index contributed by atoms with van der Waals surface area (Å²) in [6.07, 6.45) is 5.51. The number of nitrogens with one attached hydrogen (secondary N) is 3. The summed E-state index contributed by atoms with van der Waals surface area (Å²) in [5.74, 6) is -3.54. The van der Waals surface area contributed by atoms with Crippen molar-refractivity contribution < 1.29 is 41.4 Å². The van der Waals surface area contributed by atoms with E-state index in [0.717, 1.165) is 18.4 Å². The summed E-state index contributed by atoms with van der Waals surface area (Å²) in [4.78, 5) is 53.8. The van der Waals surface area contributed by atoms with Gasteiger partial charge in [-0.1, -0.05) is 13.0 Å². The topological polar surface area (TPSA) is 162 Å². The van der Waals surface area contributed by atoms with Crippen LogP contribution >= 0.6 is 0 Å². The minimum absolute atomic E-state index is 0.00782. The molecule has 6 aliphatic rings. The number of imidazole rings is 1. The number of urea groups is 1. The number of amidine groups is 1. The number of rotatable bonds is 11. The highest BCUT2D eigenvalue weighted by molar-refractivity contribution is 6.06. The maximum absolute atomic E-state index is 16.2. The number of pyridine rings is 1. The van der Waals surface area contributed by atoms with Crippen LogP contribution in [0.1, 0.15) is 71.7 Å². The lowest BCUT2D eigenvalue weighted by Gasteiger charge is -2.57. The number of carbonyl (C=O) groups is 3. The van der Waals surface area contributed by atoms with Crippen LogP contribution in [0.4, 0.5) is 33.7 Å². The number of aromatic nitrogens is 3. The lowest BCUT2D eigenvalue weighted by atomic mass is 9.69. The number of amides is 4. The quantitative estimate of drug-likeness (QED) is 0.173. The van der Waals surface area contributed by atoms with Crippen molar-refractivity contribution in [1.29, 1.82) is 0 Å². The molecule has 0 bridgehead atoms. The Morgan fingerprint density at radius 1 is 0.910 bits per heavy atom. The van der Waals surface area contributed by atoms with Gasteiger partial charge in [-0.3, -0.25) is 34.6 Å². The SMILES string of the molecule is CNC1c2ncc(C(=O)N[C@@H]3CC[C@H]3OC)n2N=C(N2CCc3c(-c4ncc(CN5CC6(CCN(Cc7ccc(OC)c(N8CCC(=O)NC8=O)c7)CC6(F)F)C5)cc4F)cc(F)cc32)C1C. The molecular weight excluding hydrogens is 875 g/mol. The number of fused-ring (bicyclic) bond motifs is 2. The van der Waals surface area contributed by atoms with E-state index in [4.69, 9.17) is 14.6 Å². The van der Waals surface area contributed by atoms with E-state index >= 15 is 17.6 Å². The van der Waals surface area contributed by atoms with E-state index in [1.165, 1.54) is 42.6 Å². The molecule has 4 amide bonds. The monoisotopic (exact) mass is 927 g/mol. The van der Waals surface area contributed by atoms with Gasteiger partial charge in [0.15, 0.2) is 0 Å². The fraction of sp³-hybridized carbons (Fsp3) is 0.489. The van der Waals surface area contributed by atoms with Gasteiger partial charge in [0.2, 0.25) is 5.91 Å². The number of imide groups is 1. The number of anilines is 2. The van der Waals surface area contributed by atoms with Crippen LogP contribution in [-0.2, 0) is 29.0 Å². The molecular formula is C47H53F4N11O5. The Labute approximate surface area is 384 Å². The average Bonchev–Trinajstić information content (AvgIpc) is 3.89. The molecule has 3 saturated heterocycles. The molecule has 4 atom stereocenters. The summed E-state index contributed by atoms with van der Waals surface area (Å²) in [6.45, 7) is 3.32. The van der Waals surface area contributed by atoms with Gasteiger partial charge in [0.1, 0.15) is 40.4 Å². The highest BCUT2D eigenvalue weighted by Gasteiger charge is 2.62. The molecule has 67 heavy (non-hydrogen) atoms. The van der Waals surface area contributed by atoms with Gasteiger partial charge in [0.05, 0.1) is 49.1 Å². The highest BCUT2D eigenvalue weighted by atomic mass is 19.3. The first-order valence-electron chi connectivity index (χ1n) is 22.7. The Morgan fingerprint density at radius 2 is 1.70 bits per heavy atom. The van der Waals surface area contributed by atoms with Crippen LogP contribution in [0, 0.1) is 23.0 Å². The molecule has 2 aromatic carbocycles. The number of hydrogen-bond donors (Lipinski definition) is 3. The number of ether oxygens (including phenoxy) is 2. The minimum Gasteiger partial charge on any atom is -0.495 e. The fourth-order valence-electron chi connectivity index (χ4n) is 10.8. The Morgan fingerprint density at radius 3 is 2.40 bits per heavy atom. The number of alkyl halides is 2. The zero-order valence-electron chi connectivity index (χ0n) is 37.8. The molecule has 7 heterocycles. The van der Waals surface area contributed by atoms with Gasteiger partial charge in [0, 0.05) is 76.2 Å². The number of carbonyl (C=O) groups excluding carboxylic acids is 3. The molecule has 4 aromatic rings. The van der Waals surface area contributed by atoms with Crippen LogP contribution < -0.4 is 30.5 Å². The smallest absolute Gasteiger partial charge is 0.328 e. The van der Waals surface area contributed by atoms with Crippen molar-refractivity contribution in [2.45, 2.75) is 76.2 Å². The summed E-state index contributed by atoms with van der Waals surface area (Å²) in [6, 6.07) is 8.29. The first-order chi connectivity index (χ1) is 32.2. The fourth-order valence-corrected chi connectivity index (χ4v) is 10.8. The predicted octanol–water partition coefficient (Wildman–Crippen LogP) is 5.06. The number of hydrogen-bond acceptors (Lipinski definition) is 12.